The number of benzene rings is 1. The lowest BCUT2D eigenvalue weighted by molar-refractivity contribution is -0.157. The van der Waals surface area contributed by atoms with E-state index in [1.165, 1.54) is 49.7 Å². The zero-order chi connectivity index (χ0) is 17.6. The van der Waals surface area contributed by atoms with Crippen LogP contribution in [0.1, 0.15) is 75.8 Å². The Labute approximate surface area is 153 Å². The first-order valence-electron chi connectivity index (χ1n) is 10.4. The van der Waals surface area contributed by atoms with Crippen molar-refractivity contribution in [2.45, 2.75) is 84.2 Å². The van der Waals surface area contributed by atoms with E-state index in [2.05, 4.69) is 38.1 Å². The summed E-state index contributed by atoms with van der Waals surface area (Å²) in [5.41, 5.74) is 2.78. The molecule has 0 saturated heterocycles. The minimum atomic E-state index is 0.0926. The predicted octanol–water partition coefficient (Wildman–Crippen LogP) is 5.86. The second-order valence-electron chi connectivity index (χ2n) is 8.56. The first-order chi connectivity index (χ1) is 12.1. The first kappa shape index (κ1) is 18.5. The third-order valence-electron chi connectivity index (χ3n) is 6.39. The van der Waals surface area contributed by atoms with Gasteiger partial charge in [-0.05, 0) is 88.5 Å². The van der Waals surface area contributed by atoms with E-state index in [4.69, 9.17) is 4.74 Å². The molecule has 0 unspecified atom stereocenters. The predicted molar refractivity (Wildman–Crippen MR) is 102 cm³/mol. The molecule has 0 aromatic heterocycles. The number of carbonyl (C=O) groups is 1. The quantitative estimate of drug-likeness (QED) is 0.627. The van der Waals surface area contributed by atoms with Gasteiger partial charge in [-0.1, -0.05) is 36.8 Å². The van der Waals surface area contributed by atoms with Crippen LogP contribution in [0.2, 0.25) is 0 Å². The largest absolute Gasteiger partial charge is 0.462 e. The highest BCUT2D eigenvalue weighted by molar-refractivity contribution is 5.72. The van der Waals surface area contributed by atoms with E-state index in [-0.39, 0.29) is 18.0 Å². The summed E-state index contributed by atoms with van der Waals surface area (Å²) in [5, 5.41) is 0. The fraction of sp³-hybridized carbons (Fsp3) is 0.696. The van der Waals surface area contributed by atoms with Crippen LogP contribution < -0.4 is 0 Å². The smallest absolute Gasteiger partial charge is 0.309 e. The van der Waals surface area contributed by atoms with Gasteiger partial charge in [-0.15, -0.1) is 0 Å². The number of hydrogen-bond acceptors (Lipinski definition) is 2. The van der Waals surface area contributed by atoms with E-state index in [9.17, 15) is 4.79 Å². The molecule has 2 saturated carbocycles. The Bertz CT molecular complexity index is 532. The normalized spacial score (nSPS) is 30.0. The molecular formula is C23H34O2. The van der Waals surface area contributed by atoms with Crippen molar-refractivity contribution in [3.8, 4) is 0 Å². The lowest BCUT2D eigenvalue weighted by atomic mass is 9.82. The van der Waals surface area contributed by atoms with E-state index < -0.39 is 0 Å². The molecule has 2 aliphatic carbocycles. The van der Waals surface area contributed by atoms with Gasteiger partial charge in [0.05, 0.1) is 5.92 Å². The third-order valence-corrected chi connectivity index (χ3v) is 6.39. The van der Waals surface area contributed by atoms with Crippen molar-refractivity contribution in [3.63, 3.8) is 0 Å². The zero-order valence-electron chi connectivity index (χ0n) is 16.0. The Morgan fingerprint density at radius 1 is 0.960 bits per heavy atom. The van der Waals surface area contributed by atoms with Crippen LogP contribution in [-0.4, -0.2) is 12.1 Å². The zero-order valence-corrected chi connectivity index (χ0v) is 16.0. The molecule has 2 aliphatic rings. The van der Waals surface area contributed by atoms with Crippen LogP contribution in [0.25, 0.3) is 0 Å². The van der Waals surface area contributed by atoms with Crippen molar-refractivity contribution in [2.75, 3.05) is 0 Å². The Morgan fingerprint density at radius 3 is 2.24 bits per heavy atom. The first-order valence-corrected chi connectivity index (χ1v) is 10.4. The monoisotopic (exact) mass is 342 g/mol. The number of carbonyl (C=O) groups excluding carboxylic acids is 1. The third kappa shape index (κ3) is 5.59. The highest BCUT2D eigenvalue weighted by Gasteiger charge is 2.29. The molecule has 3 rings (SSSR count). The number of rotatable bonds is 5. The molecule has 0 bridgehead atoms. The Morgan fingerprint density at radius 2 is 1.60 bits per heavy atom. The molecule has 0 spiro atoms. The lowest BCUT2D eigenvalue weighted by Crippen LogP contribution is -2.30. The van der Waals surface area contributed by atoms with Crippen molar-refractivity contribution in [3.05, 3.63) is 35.4 Å². The maximum atomic E-state index is 12.4. The van der Waals surface area contributed by atoms with Crippen LogP contribution >= 0.6 is 0 Å². The molecule has 2 nitrogen and oxygen atoms in total. The lowest BCUT2D eigenvalue weighted by Gasteiger charge is -2.31. The molecule has 0 radical (unpaired) electrons. The molecule has 25 heavy (non-hydrogen) atoms. The van der Waals surface area contributed by atoms with E-state index in [1.807, 2.05) is 0 Å². The van der Waals surface area contributed by atoms with Gasteiger partial charge in [0.25, 0.3) is 0 Å². The summed E-state index contributed by atoms with van der Waals surface area (Å²) in [6, 6.07) is 8.93. The summed E-state index contributed by atoms with van der Waals surface area (Å²) in [4.78, 5) is 12.4. The number of hydrogen-bond donors (Lipinski definition) is 0. The molecule has 0 amide bonds. The van der Waals surface area contributed by atoms with Crippen LogP contribution in [-0.2, 0) is 16.0 Å². The van der Waals surface area contributed by atoms with Crippen LogP contribution in [0.15, 0.2) is 24.3 Å². The summed E-state index contributed by atoms with van der Waals surface area (Å²) in [6.07, 6.45) is 11.6. The standard InChI is InChI=1S/C23H34O2/c1-17-3-7-19(8-4-17)9-10-20-11-15-22(16-12-20)25-23(24)21-13-5-18(2)6-14-21/h3-4,7-8,18,20-22H,5-6,9-16H2,1-2H3. The summed E-state index contributed by atoms with van der Waals surface area (Å²) in [6.45, 7) is 4.43. The second-order valence-corrected chi connectivity index (χ2v) is 8.56. The fourth-order valence-corrected chi connectivity index (χ4v) is 4.42. The molecular weight excluding hydrogens is 308 g/mol. The molecule has 1 aromatic rings. The van der Waals surface area contributed by atoms with Gasteiger partial charge in [-0.3, -0.25) is 4.79 Å². The van der Waals surface area contributed by atoms with Gasteiger partial charge < -0.3 is 4.74 Å². The molecule has 0 aliphatic heterocycles. The highest BCUT2D eigenvalue weighted by Crippen LogP contribution is 2.33. The van der Waals surface area contributed by atoms with Crippen LogP contribution in [0.3, 0.4) is 0 Å². The Kier molecular flexibility index (Phi) is 6.56. The van der Waals surface area contributed by atoms with Gasteiger partial charge in [0.1, 0.15) is 6.10 Å². The van der Waals surface area contributed by atoms with Gasteiger partial charge in [-0.25, -0.2) is 0 Å². The van der Waals surface area contributed by atoms with E-state index >= 15 is 0 Å². The summed E-state index contributed by atoms with van der Waals surface area (Å²) >= 11 is 0. The SMILES string of the molecule is Cc1ccc(CCC2CCC(OC(=O)C3CCC(C)CC3)CC2)cc1. The minimum absolute atomic E-state index is 0.0926. The number of ether oxygens (including phenoxy) is 1. The van der Waals surface area contributed by atoms with Gasteiger partial charge >= 0.3 is 5.97 Å². The molecule has 1 aromatic carbocycles. The summed E-state index contributed by atoms with van der Waals surface area (Å²) in [5.74, 6) is 1.85. The second kappa shape index (κ2) is 8.87. The van der Waals surface area contributed by atoms with E-state index in [1.54, 1.807) is 0 Å². The molecule has 0 N–H and O–H groups in total. The summed E-state index contributed by atoms with van der Waals surface area (Å²) < 4.78 is 5.85. The Balaban J connectivity index is 1.35. The molecule has 138 valence electrons. The number of aryl methyl sites for hydroxylation is 2. The van der Waals surface area contributed by atoms with Crippen molar-refractivity contribution >= 4 is 5.97 Å². The van der Waals surface area contributed by atoms with Crippen molar-refractivity contribution < 1.29 is 9.53 Å². The van der Waals surface area contributed by atoms with Gasteiger partial charge in [-0.2, -0.15) is 0 Å². The highest BCUT2D eigenvalue weighted by atomic mass is 16.5. The molecule has 2 fully saturated rings. The summed E-state index contributed by atoms with van der Waals surface area (Å²) in [7, 11) is 0. The Hall–Kier alpha value is -1.31. The van der Waals surface area contributed by atoms with Crippen molar-refractivity contribution in [2.24, 2.45) is 17.8 Å². The maximum absolute atomic E-state index is 12.4. The molecule has 0 heterocycles. The minimum Gasteiger partial charge on any atom is -0.462 e. The van der Waals surface area contributed by atoms with Crippen LogP contribution in [0.4, 0.5) is 0 Å². The molecule has 0 atom stereocenters. The van der Waals surface area contributed by atoms with E-state index in [0.29, 0.717) is 0 Å². The van der Waals surface area contributed by atoms with Crippen LogP contribution in [0.5, 0.6) is 0 Å². The van der Waals surface area contributed by atoms with Gasteiger partial charge in [0.2, 0.25) is 0 Å². The topological polar surface area (TPSA) is 26.3 Å². The van der Waals surface area contributed by atoms with Gasteiger partial charge in [0, 0.05) is 0 Å². The molecule has 2 heteroatoms. The maximum Gasteiger partial charge on any atom is 0.309 e. The van der Waals surface area contributed by atoms with Crippen LogP contribution in [0, 0.1) is 24.7 Å². The average molecular weight is 343 g/mol. The van der Waals surface area contributed by atoms with Crippen molar-refractivity contribution in [1.29, 1.82) is 0 Å². The number of esters is 1. The van der Waals surface area contributed by atoms with Crippen molar-refractivity contribution in [1.82, 2.24) is 0 Å². The van der Waals surface area contributed by atoms with Gasteiger partial charge in [0.15, 0.2) is 0 Å². The van der Waals surface area contributed by atoms with E-state index in [0.717, 1.165) is 37.5 Å². The average Bonchev–Trinajstić information content (AvgIpc) is 2.63. The fourth-order valence-electron chi connectivity index (χ4n) is 4.42.